The normalized spacial score (nSPS) is 10.5. The molecule has 0 saturated heterocycles. The SMILES string of the molecule is COc1cnc(Br)c(C(F)F)c1[N+](=O)[O-]. The van der Waals surface area contributed by atoms with Gasteiger partial charge >= 0.3 is 5.69 Å². The van der Waals surface area contributed by atoms with Crippen LogP contribution in [0.1, 0.15) is 12.0 Å². The molecule has 0 fully saturated rings. The van der Waals surface area contributed by atoms with Gasteiger partial charge in [0.25, 0.3) is 6.43 Å². The highest BCUT2D eigenvalue weighted by Gasteiger charge is 2.30. The number of hydrogen-bond donors (Lipinski definition) is 0. The van der Waals surface area contributed by atoms with Crippen LogP contribution in [0.15, 0.2) is 10.8 Å². The Labute approximate surface area is 91.3 Å². The molecule has 15 heavy (non-hydrogen) atoms. The van der Waals surface area contributed by atoms with E-state index in [0.29, 0.717) is 0 Å². The Morgan fingerprint density at radius 3 is 2.67 bits per heavy atom. The maximum atomic E-state index is 12.5. The van der Waals surface area contributed by atoms with Crippen LogP contribution in [0.3, 0.4) is 0 Å². The van der Waals surface area contributed by atoms with Crippen LogP contribution in [0.5, 0.6) is 5.75 Å². The number of hydrogen-bond acceptors (Lipinski definition) is 4. The summed E-state index contributed by atoms with van der Waals surface area (Å²) in [4.78, 5) is 13.2. The number of methoxy groups -OCH3 is 1. The Morgan fingerprint density at radius 1 is 1.67 bits per heavy atom. The lowest BCUT2D eigenvalue weighted by molar-refractivity contribution is -0.387. The zero-order chi connectivity index (χ0) is 11.6. The molecular weight excluding hydrogens is 278 g/mol. The predicted molar refractivity (Wildman–Crippen MR) is 50.1 cm³/mol. The largest absolute Gasteiger partial charge is 0.489 e. The molecule has 0 atom stereocenters. The van der Waals surface area contributed by atoms with Crippen molar-refractivity contribution in [1.82, 2.24) is 4.98 Å². The molecule has 0 aliphatic carbocycles. The molecule has 0 bridgehead atoms. The maximum Gasteiger partial charge on any atom is 0.324 e. The second-order valence-corrected chi connectivity index (χ2v) is 3.19. The lowest BCUT2D eigenvalue weighted by atomic mass is 10.2. The molecule has 0 unspecified atom stereocenters. The fourth-order valence-electron chi connectivity index (χ4n) is 1.01. The van der Waals surface area contributed by atoms with Gasteiger partial charge in [0.15, 0.2) is 0 Å². The topological polar surface area (TPSA) is 65.3 Å². The van der Waals surface area contributed by atoms with E-state index < -0.39 is 22.6 Å². The van der Waals surface area contributed by atoms with Crippen LogP contribution in [0, 0.1) is 10.1 Å². The van der Waals surface area contributed by atoms with E-state index in [0.717, 1.165) is 13.3 Å². The van der Waals surface area contributed by atoms with E-state index >= 15 is 0 Å². The Balaban J connectivity index is 3.51. The Hall–Kier alpha value is -1.31. The van der Waals surface area contributed by atoms with Gasteiger partial charge < -0.3 is 4.74 Å². The molecule has 0 spiro atoms. The lowest BCUT2D eigenvalue weighted by Crippen LogP contribution is -2.02. The van der Waals surface area contributed by atoms with Crippen molar-refractivity contribution in [3.63, 3.8) is 0 Å². The number of alkyl halides is 2. The predicted octanol–water partition coefficient (Wildman–Crippen LogP) is 2.70. The highest BCUT2D eigenvalue weighted by atomic mass is 79.9. The van der Waals surface area contributed by atoms with E-state index in [-0.39, 0.29) is 10.4 Å². The summed E-state index contributed by atoms with van der Waals surface area (Å²) in [5, 5.41) is 10.6. The summed E-state index contributed by atoms with van der Waals surface area (Å²) in [6.45, 7) is 0. The van der Waals surface area contributed by atoms with Crippen LogP contribution in [0.4, 0.5) is 14.5 Å². The second kappa shape index (κ2) is 4.47. The quantitative estimate of drug-likeness (QED) is 0.486. The first-order valence-corrected chi connectivity index (χ1v) is 4.43. The maximum absolute atomic E-state index is 12.5. The van der Waals surface area contributed by atoms with E-state index in [1.54, 1.807) is 0 Å². The summed E-state index contributed by atoms with van der Waals surface area (Å²) in [5.41, 5.74) is -1.55. The van der Waals surface area contributed by atoms with E-state index in [9.17, 15) is 18.9 Å². The lowest BCUT2D eigenvalue weighted by Gasteiger charge is -2.07. The number of halogens is 3. The highest BCUT2D eigenvalue weighted by molar-refractivity contribution is 9.10. The van der Waals surface area contributed by atoms with Crippen molar-refractivity contribution in [2.45, 2.75) is 6.43 Å². The summed E-state index contributed by atoms with van der Waals surface area (Å²) >= 11 is 2.73. The third kappa shape index (κ3) is 2.20. The molecule has 8 heteroatoms. The van der Waals surface area contributed by atoms with Crippen LogP contribution in [0.2, 0.25) is 0 Å². The molecule has 1 heterocycles. The standard InChI is InChI=1S/C7H5BrF2N2O3/c1-15-3-2-11-6(8)4(7(9)10)5(3)12(13)14/h2,7H,1H3. The van der Waals surface area contributed by atoms with E-state index in [4.69, 9.17) is 0 Å². The fourth-order valence-corrected chi connectivity index (χ4v) is 1.47. The van der Waals surface area contributed by atoms with Crippen molar-refractivity contribution in [3.8, 4) is 5.75 Å². The van der Waals surface area contributed by atoms with Crippen molar-refractivity contribution in [2.75, 3.05) is 7.11 Å². The van der Waals surface area contributed by atoms with Gasteiger partial charge in [-0.3, -0.25) is 10.1 Å². The number of nitrogens with zero attached hydrogens (tertiary/aromatic N) is 2. The molecule has 82 valence electrons. The van der Waals surface area contributed by atoms with Crippen molar-refractivity contribution in [1.29, 1.82) is 0 Å². The van der Waals surface area contributed by atoms with E-state index in [1.165, 1.54) is 0 Å². The minimum Gasteiger partial charge on any atom is -0.489 e. The van der Waals surface area contributed by atoms with Crippen LogP contribution in [0.25, 0.3) is 0 Å². The molecule has 0 saturated carbocycles. The van der Waals surface area contributed by atoms with Gasteiger partial charge in [0.2, 0.25) is 5.75 Å². The van der Waals surface area contributed by atoms with E-state index in [2.05, 4.69) is 25.7 Å². The van der Waals surface area contributed by atoms with Gasteiger partial charge in [-0.1, -0.05) is 0 Å². The third-order valence-corrected chi connectivity index (χ3v) is 2.26. The molecule has 0 N–H and O–H groups in total. The molecule has 1 rings (SSSR count). The van der Waals surface area contributed by atoms with Gasteiger partial charge in [-0.25, -0.2) is 13.8 Å². The average molecular weight is 283 g/mol. The average Bonchev–Trinajstić information content (AvgIpc) is 2.16. The number of ether oxygens (including phenoxy) is 1. The monoisotopic (exact) mass is 282 g/mol. The van der Waals surface area contributed by atoms with Gasteiger partial charge in [-0.15, -0.1) is 0 Å². The van der Waals surface area contributed by atoms with Crippen molar-refractivity contribution in [3.05, 3.63) is 26.5 Å². The highest BCUT2D eigenvalue weighted by Crippen LogP contribution is 2.39. The number of rotatable bonds is 3. The van der Waals surface area contributed by atoms with Gasteiger partial charge in [0, 0.05) is 0 Å². The first-order chi connectivity index (χ1) is 6.99. The molecule has 1 aromatic rings. The van der Waals surface area contributed by atoms with E-state index in [1.807, 2.05) is 0 Å². The van der Waals surface area contributed by atoms with Gasteiger partial charge in [-0.2, -0.15) is 0 Å². The first-order valence-electron chi connectivity index (χ1n) is 3.64. The zero-order valence-corrected chi connectivity index (χ0v) is 8.99. The Bertz CT molecular complexity index is 400. The first kappa shape index (κ1) is 11.8. The minimum absolute atomic E-state index is 0.259. The molecule has 0 amide bonds. The van der Waals surface area contributed by atoms with Gasteiger partial charge in [-0.05, 0) is 15.9 Å². The molecule has 5 nitrogen and oxygen atoms in total. The third-order valence-electron chi connectivity index (χ3n) is 1.63. The molecule has 0 aliphatic rings. The smallest absolute Gasteiger partial charge is 0.324 e. The van der Waals surface area contributed by atoms with Crippen LogP contribution in [-0.2, 0) is 0 Å². The summed E-state index contributed by atoms with van der Waals surface area (Å²) < 4.78 is 29.4. The summed E-state index contributed by atoms with van der Waals surface area (Å²) in [6.07, 6.45) is -1.99. The molecule has 0 aliphatic heterocycles. The Kier molecular flexibility index (Phi) is 3.51. The van der Waals surface area contributed by atoms with Crippen LogP contribution < -0.4 is 4.74 Å². The molecular formula is C7H5BrF2N2O3. The number of aromatic nitrogens is 1. The van der Waals surface area contributed by atoms with Crippen LogP contribution >= 0.6 is 15.9 Å². The number of pyridine rings is 1. The molecule has 0 radical (unpaired) electrons. The zero-order valence-electron chi connectivity index (χ0n) is 7.41. The fraction of sp³-hybridized carbons (Fsp3) is 0.286. The van der Waals surface area contributed by atoms with Crippen molar-refractivity contribution in [2.24, 2.45) is 0 Å². The summed E-state index contributed by atoms with van der Waals surface area (Å²) in [6, 6.07) is 0. The van der Waals surface area contributed by atoms with Crippen molar-refractivity contribution < 1.29 is 18.4 Å². The van der Waals surface area contributed by atoms with Gasteiger partial charge in [0.05, 0.1) is 18.2 Å². The minimum atomic E-state index is -3.00. The van der Waals surface area contributed by atoms with Gasteiger partial charge in [0.1, 0.15) is 10.2 Å². The molecule has 1 aromatic heterocycles. The molecule has 0 aromatic carbocycles. The summed E-state index contributed by atoms with van der Waals surface area (Å²) in [5.74, 6) is -0.293. The Morgan fingerprint density at radius 2 is 2.27 bits per heavy atom. The second-order valence-electron chi connectivity index (χ2n) is 2.44. The summed E-state index contributed by atoms with van der Waals surface area (Å²) in [7, 11) is 1.15. The van der Waals surface area contributed by atoms with Crippen LogP contribution in [-0.4, -0.2) is 17.0 Å². The number of nitro groups is 1. The van der Waals surface area contributed by atoms with Crippen molar-refractivity contribution >= 4 is 21.6 Å².